The number of benzene rings is 3. The number of halogens is 1. The molecule has 1 atom stereocenters. The molecule has 0 unspecified atom stereocenters. The highest BCUT2D eigenvalue weighted by atomic mass is 19.1. The zero-order chi connectivity index (χ0) is 24.9. The number of piperazine rings is 1. The van der Waals surface area contributed by atoms with Crippen LogP contribution >= 0.6 is 0 Å². The van der Waals surface area contributed by atoms with Crippen LogP contribution in [-0.4, -0.2) is 56.2 Å². The molecule has 0 aromatic heterocycles. The first-order chi connectivity index (χ1) is 17.6. The Morgan fingerprint density at radius 2 is 1.64 bits per heavy atom. The van der Waals surface area contributed by atoms with Crippen LogP contribution in [0.1, 0.15) is 11.6 Å². The Kier molecular flexibility index (Phi) is 6.99. The minimum Gasteiger partial charge on any atom is -0.454 e. The van der Waals surface area contributed by atoms with Gasteiger partial charge in [-0.3, -0.25) is 14.5 Å². The molecule has 2 amide bonds. The van der Waals surface area contributed by atoms with E-state index in [1.165, 1.54) is 23.9 Å². The van der Waals surface area contributed by atoms with Gasteiger partial charge in [-0.25, -0.2) is 4.39 Å². The Morgan fingerprint density at radius 1 is 0.861 bits per heavy atom. The topological polar surface area (TPSA) is 83.1 Å². The van der Waals surface area contributed by atoms with Crippen molar-refractivity contribution in [3.05, 3.63) is 84.2 Å². The Morgan fingerprint density at radius 3 is 2.42 bits per heavy atom. The van der Waals surface area contributed by atoms with Crippen LogP contribution in [0.15, 0.2) is 72.8 Å². The lowest BCUT2D eigenvalue weighted by Crippen LogP contribution is -2.50. The van der Waals surface area contributed by atoms with Gasteiger partial charge < -0.3 is 25.0 Å². The van der Waals surface area contributed by atoms with Crippen LogP contribution in [0.3, 0.4) is 0 Å². The summed E-state index contributed by atoms with van der Waals surface area (Å²) in [5.41, 5.74) is 2.36. The van der Waals surface area contributed by atoms with Crippen LogP contribution in [0.4, 0.5) is 15.8 Å². The van der Waals surface area contributed by atoms with Gasteiger partial charge in [-0.1, -0.05) is 30.3 Å². The van der Waals surface area contributed by atoms with Crippen molar-refractivity contribution in [3.8, 4) is 11.5 Å². The molecule has 186 valence electrons. The summed E-state index contributed by atoms with van der Waals surface area (Å²) >= 11 is 0. The van der Waals surface area contributed by atoms with Crippen molar-refractivity contribution >= 4 is 23.2 Å². The lowest BCUT2D eigenvalue weighted by molar-refractivity contribution is -0.136. The molecule has 3 aromatic carbocycles. The second kappa shape index (κ2) is 10.7. The molecule has 0 saturated carbocycles. The maximum Gasteiger partial charge on any atom is 0.313 e. The molecule has 2 aliphatic heterocycles. The maximum absolute atomic E-state index is 13.4. The van der Waals surface area contributed by atoms with E-state index in [9.17, 15) is 14.0 Å². The molecular weight excluding hydrogens is 463 g/mol. The maximum atomic E-state index is 13.4. The fraction of sp³-hybridized carbons (Fsp3) is 0.259. The number of fused-ring (bicyclic) bond motifs is 1. The first-order valence-electron chi connectivity index (χ1n) is 11.9. The van der Waals surface area contributed by atoms with Crippen molar-refractivity contribution in [2.75, 3.05) is 49.7 Å². The van der Waals surface area contributed by atoms with Crippen LogP contribution in [0.5, 0.6) is 11.5 Å². The molecule has 1 saturated heterocycles. The van der Waals surface area contributed by atoms with E-state index < -0.39 is 17.6 Å². The summed E-state index contributed by atoms with van der Waals surface area (Å²) < 4.78 is 24.4. The molecule has 9 heteroatoms. The fourth-order valence-electron chi connectivity index (χ4n) is 4.53. The number of para-hydroxylation sites is 1. The van der Waals surface area contributed by atoms with Gasteiger partial charge >= 0.3 is 11.8 Å². The first kappa shape index (κ1) is 23.6. The highest BCUT2D eigenvalue weighted by molar-refractivity contribution is 6.39. The van der Waals surface area contributed by atoms with Gasteiger partial charge in [0.05, 0.1) is 6.04 Å². The SMILES string of the molecule is O=C(NC[C@H](c1ccc2c(c1)OCO2)N1CCN(c2ccccc2)CC1)C(=O)Nc1cccc(F)c1. The van der Waals surface area contributed by atoms with E-state index in [0.29, 0.717) is 11.5 Å². The monoisotopic (exact) mass is 490 g/mol. The normalized spacial score (nSPS) is 15.9. The van der Waals surface area contributed by atoms with Crippen molar-refractivity contribution in [1.82, 2.24) is 10.2 Å². The Hall–Kier alpha value is -4.11. The van der Waals surface area contributed by atoms with E-state index in [-0.39, 0.29) is 25.1 Å². The van der Waals surface area contributed by atoms with E-state index in [0.717, 1.165) is 37.8 Å². The summed E-state index contributed by atoms with van der Waals surface area (Å²) in [4.78, 5) is 29.6. The number of ether oxygens (including phenoxy) is 2. The number of hydrogen-bond donors (Lipinski definition) is 2. The second-order valence-corrected chi connectivity index (χ2v) is 8.66. The second-order valence-electron chi connectivity index (χ2n) is 8.66. The molecule has 0 bridgehead atoms. The van der Waals surface area contributed by atoms with Crippen LogP contribution in [0.25, 0.3) is 0 Å². The average molecular weight is 491 g/mol. The van der Waals surface area contributed by atoms with Crippen molar-refractivity contribution in [1.29, 1.82) is 0 Å². The van der Waals surface area contributed by atoms with Crippen molar-refractivity contribution in [2.45, 2.75) is 6.04 Å². The van der Waals surface area contributed by atoms with E-state index in [2.05, 4.69) is 32.6 Å². The zero-order valence-corrected chi connectivity index (χ0v) is 19.7. The molecule has 2 N–H and O–H groups in total. The highest BCUT2D eigenvalue weighted by Gasteiger charge is 2.28. The smallest absolute Gasteiger partial charge is 0.313 e. The molecule has 2 heterocycles. The van der Waals surface area contributed by atoms with Gasteiger partial charge in [-0.15, -0.1) is 0 Å². The first-order valence-corrected chi connectivity index (χ1v) is 11.9. The molecule has 8 nitrogen and oxygen atoms in total. The van der Waals surface area contributed by atoms with Gasteiger partial charge in [0.25, 0.3) is 0 Å². The number of hydrogen-bond acceptors (Lipinski definition) is 6. The molecule has 0 spiro atoms. The quantitative estimate of drug-likeness (QED) is 0.517. The summed E-state index contributed by atoms with van der Waals surface area (Å²) in [6, 6.07) is 21.2. The molecule has 36 heavy (non-hydrogen) atoms. The van der Waals surface area contributed by atoms with Crippen LogP contribution in [-0.2, 0) is 9.59 Å². The predicted molar refractivity (Wildman–Crippen MR) is 134 cm³/mol. The van der Waals surface area contributed by atoms with E-state index >= 15 is 0 Å². The van der Waals surface area contributed by atoms with Gasteiger partial charge in [0.15, 0.2) is 11.5 Å². The molecule has 1 fully saturated rings. The van der Waals surface area contributed by atoms with Gasteiger partial charge in [-0.05, 0) is 48.0 Å². The van der Waals surface area contributed by atoms with E-state index in [4.69, 9.17) is 9.47 Å². The Bertz CT molecular complexity index is 1230. The van der Waals surface area contributed by atoms with Crippen LogP contribution in [0, 0.1) is 5.82 Å². The summed E-state index contributed by atoms with van der Waals surface area (Å²) in [6.07, 6.45) is 0. The van der Waals surface area contributed by atoms with Crippen molar-refractivity contribution in [3.63, 3.8) is 0 Å². The summed E-state index contributed by atoms with van der Waals surface area (Å²) in [5, 5.41) is 5.19. The number of carbonyl (C=O) groups is 2. The molecular formula is C27H27FN4O4. The number of anilines is 2. The number of nitrogens with one attached hydrogen (secondary N) is 2. The van der Waals surface area contributed by atoms with Gasteiger partial charge in [0.2, 0.25) is 6.79 Å². The van der Waals surface area contributed by atoms with Crippen molar-refractivity contribution < 1.29 is 23.5 Å². The van der Waals surface area contributed by atoms with Crippen LogP contribution < -0.4 is 25.0 Å². The molecule has 0 radical (unpaired) electrons. The lowest BCUT2D eigenvalue weighted by Gasteiger charge is -2.40. The Labute approximate surface area is 208 Å². The third-order valence-electron chi connectivity index (χ3n) is 6.40. The minimum atomic E-state index is -0.848. The molecule has 3 aromatic rings. The third kappa shape index (κ3) is 5.41. The van der Waals surface area contributed by atoms with E-state index in [1.54, 1.807) is 0 Å². The zero-order valence-electron chi connectivity index (χ0n) is 19.7. The highest BCUT2D eigenvalue weighted by Crippen LogP contribution is 2.35. The molecule has 5 rings (SSSR count). The summed E-state index contributed by atoms with van der Waals surface area (Å²) in [5.74, 6) is -0.780. The predicted octanol–water partition coefficient (Wildman–Crippen LogP) is 3.17. The molecule has 2 aliphatic rings. The van der Waals surface area contributed by atoms with Crippen molar-refractivity contribution in [2.24, 2.45) is 0 Å². The van der Waals surface area contributed by atoms with E-state index in [1.807, 2.05) is 36.4 Å². The summed E-state index contributed by atoms with van der Waals surface area (Å²) in [7, 11) is 0. The van der Waals surface area contributed by atoms with Gasteiger partial charge in [0.1, 0.15) is 5.82 Å². The lowest BCUT2D eigenvalue weighted by atomic mass is 10.0. The standard InChI is InChI=1S/C27H27FN4O4/c28-20-5-4-6-21(16-20)30-27(34)26(33)29-17-23(19-9-10-24-25(15-19)36-18-35-24)32-13-11-31(12-14-32)22-7-2-1-3-8-22/h1-10,15-16,23H,11-14,17-18H2,(H,29,33)(H,30,34)/t23-/m1/s1. The minimum absolute atomic E-state index is 0.177. The number of carbonyl (C=O) groups excluding carboxylic acids is 2. The van der Waals surface area contributed by atoms with Gasteiger partial charge in [-0.2, -0.15) is 0 Å². The average Bonchev–Trinajstić information content (AvgIpc) is 3.38. The number of rotatable bonds is 6. The fourth-order valence-corrected chi connectivity index (χ4v) is 4.53. The van der Waals surface area contributed by atoms with Crippen LogP contribution in [0.2, 0.25) is 0 Å². The third-order valence-corrected chi connectivity index (χ3v) is 6.40. The van der Waals surface area contributed by atoms with Gasteiger partial charge in [0, 0.05) is 44.1 Å². The number of nitrogens with zero attached hydrogens (tertiary/aromatic N) is 2. The Balaban J connectivity index is 1.27. The molecule has 0 aliphatic carbocycles. The summed E-state index contributed by atoms with van der Waals surface area (Å²) in [6.45, 7) is 3.62. The number of amides is 2. The largest absolute Gasteiger partial charge is 0.454 e.